The number of rotatable bonds is 12. The fraction of sp³-hybridized carbons (Fsp3) is 0.316. The molecule has 0 spiro atoms. The standard InChI is InChI=1S/C38H42ClN3O4S/c1-27-16-18-35(19-17-27)47(45,46)42(34-21-28(2)20-29(3)22-34)26-37(43)41(25-31-12-9-13-32(39)23-31)36(24-30-10-5-4-6-11-30)38(44)40-33-14-7-8-15-33/h4-6,9-13,16-23,33,36H,7-8,14-15,24-26H2,1-3H3,(H,40,44)/t36-/m1/s1. The molecule has 1 N–H and O–H groups in total. The van der Waals surface area contributed by atoms with Gasteiger partial charge in [0, 0.05) is 24.0 Å². The largest absolute Gasteiger partial charge is 0.352 e. The second-order valence-corrected chi connectivity index (χ2v) is 14.8. The highest BCUT2D eigenvalue weighted by Gasteiger charge is 2.35. The van der Waals surface area contributed by atoms with Crippen LogP contribution in [0.15, 0.2) is 102 Å². The zero-order valence-corrected chi connectivity index (χ0v) is 28.7. The second kappa shape index (κ2) is 15.2. The lowest BCUT2D eigenvalue weighted by molar-refractivity contribution is -0.140. The van der Waals surface area contributed by atoms with Crippen molar-refractivity contribution in [1.29, 1.82) is 0 Å². The summed E-state index contributed by atoms with van der Waals surface area (Å²) in [4.78, 5) is 30.4. The Morgan fingerprint density at radius 2 is 1.45 bits per heavy atom. The number of amides is 2. The number of hydrogen-bond donors (Lipinski definition) is 1. The minimum absolute atomic E-state index is 0.0394. The highest BCUT2D eigenvalue weighted by atomic mass is 35.5. The van der Waals surface area contributed by atoms with Gasteiger partial charge in [0.05, 0.1) is 10.6 Å². The Kier molecular flexibility index (Phi) is 11.0. The van der Waals surface area contributed by atoms with Gasteiger partial charge in [0.2, 0.25) is 11.8 Å². The Hall–Kier alpha value is -4.14. The van der Waals surface area contributed by atoms with E-state index in [0.29, 0.717) is 10.7 Å². The Morgan fingerprint density at radius 3 is 2.09 bits per heavy atom. The van der Waals surface area contributed by atoms with E-state index in [-0.39, 0.29) is 29.8 Å². The van der Waals surface area contributed by atoms with Crippen molar-refractivity contribution in [2.45, 2.75) is 76.4 Å². The number of halogens is 1. The quantitative estimate of drug-likeness (QED) is 0.173. The molecule has 246 valence electrons. The SMILES string of the molecule is Cc1ccc(S(=O)(=O)N(CC(=O)N(Cc2cccc(Cl)c2)[C@H](Cc2ccccc2)C(=O)NC2CCCC2)c2cc(C)cc(C)c2)cc1. The molecule has 1 atom stereocenters. The molecule has 0 unspecified atom stereocenters. The summed E-state index contributed by atoms with van der Waals surface area (Å²) in [5, 5.41) is 3.71. The summed E-state index contributed by atoms with van der Waals surface area (Å²) in [6.45, 7) is 5.24. The molecule has 1 fully saturated rings. The van der Waals surface area contributed by atoms with Crippen molar-refractivity contribution < 1.29 is 18.0 Å². The van der Waals surface area contributed by atoms with Crippen LogP contribution in [0.4, 0.5) is 5.69 Å². The molecule has 47 heavy (non-hydrogen) atoms. The first-order valence-electron chi connectivity index (χ1n) is 16.1. The first kappa shape index (κ1) is 34.2. The molecule has 0 bridgehead atoms. The minimum Gasteiger partial charge on any atom is -0.352 e. The molecule has 1 saturated carbocycles. The van der Waals surface area contributed by atoms with Gasteiger partial charge in [0.1, 0.15) is 12.6 Å². The number of anilines is 1. The smallest absolute Gasteiger partial charge is 0.264 e. The van der Waals surface area contributed by atoms with Crippen LogP contribution in [0.25, 0.3) is 0 Å². The average Bonchev–Trinajstić information content (AvgIpc) is 3.54. The molecule has 0 heterocycles. The number of benzene rings is 4. The van der Waals surface area contributed by atoms with Crippen LogP contribution in [0.2, 0.25) is 5.02 Å². The normalized spacial score (nSPS) is 14.0. The Morgan fingerprint density at radius 1 is 0.809 bits per heavy atom. The van der Waals surface area contributed by atoms with Crippen LogP contribution >= 0.6 is 11.6 Å². The van der Waals surface area contributed by atoms with Crippen LogP contribution in [0.3, 0.4) is 0 Å². The summed E-state index contributed by atoms with van der Waals surface area (Å²) in [6, 6.07) is 28.0. The van der Waals surface area contributed by atoms with Crippen molar-refractivity contribution in [2.24, 2.45) is 0 Å². The molecule has 4 aromatic rings. The Balaban J connectivity index is 1.58. The molecule has 1 aliphatic rings. The van der Waals surface area contributed by atoms with E-state index in [0.717, 1.165) is 53.5 Å². The van der Waals surface area contributed by atoms with E-state index in [1.807, 2.05) is 63.2 Å². The zero-order valence-electron chi connectivity index (χ0n) is 27.2. The topological polar surface area (TPSA) is 86.8 Å². The third-order valence-corrected chi connectivity index (χ3v) is 10.6. The van der Waals surface area contributed by atoms with Gasteiger partial charge in [0.25, 0.3) is 10.0 Å². The number of aryl methyl sites for hydroxylation is 3. The highest BCUT2D eigenvalue weighted by molar-refractivity contribution is 7.92. The number of hydrogen-bond acceptors (Lipinski definition) is 4. The summed E-state index contributed by atoms with van der Waals surface area (Å²) in [6.07, 6.45) is 4.13. The number of carbonyl (C=O) groups excluding carboxylic acids is 2. The molecule has 0 aliphatic heterocycles. The van der Waals surface area contributed by atoms with Crippen LogP contribution in [-0.4, -0.2) is 43.8 Å². The summed E-state index contributed by atoms with van der Waals surface area (Å²) in [5.41, 5.74) is 4.66. The van der Waals surface area contributed by atoms with Crippen molar-refractivity contribution in [3.05, 3.63) is 130 Å². The second-order valence-electron chi connectivity index (χ2n) is 12.5. The van der Waals surface area contributed by atoms with Crippen LogP contribution in [0, 0.1) is 20.8 Å². The molecule has 4 aromatic carbocycles. The van der Waals surface area contributed by atoms with Gasteiger partial charge in [0.15, 0.2) is 0 Å². The maximum Gasteiger partial charge on any atom is 0.264 e. The summed E-state index contributed by atoms with van der Waals surface area (Å²) in [7, 11) is -4.17. The van der Waals surface area contributed by atoms with E-state index in [9.17, 15) is 18.0 Å². The van der Waals surface area contributed by atoms with Crippen LogP contribution < -0.4 is 9.62 Å². The maximum absolute atomic E-state index is 14.7. The van der Waals surface area contributed by atoms with Gasteiger partial charge >= 0.3 is 0 Å². The summed E-state index contributed by atoms with van der Waals surface area (Å²) in [5.74, 6) is -0.752. The van der Waals surface area contributed by atoms with Gasteiger partial charge in [-0.2, -0.15) is 0 Å². The average molecular weight is 672 g/mol. The first-order valence-corrected chi connectivity index (χ1v) is 17.9. The lowest BCUT2D eigenvalue weighted by Gasteiger charge is -2.34. The van der Waals surface area contributed by atoms with E-state index < -0.39 is 28.5 Å². The fourth-order valence-electron chi connectivity index (χ4n) is 6.21. The van der Waals surface area contributed by atoms with Crippen molar-refractivity contribution in [1.82, 2.24) is 10.2 Å². The Bertz CT molecular complexity index is 1790. The molecule has 1 aliphatic carbocycles. The van der Waals surface area contributed by atoms with Crippen molar-refractivity contribution in [3.63, 3.8) is 0 Å². The molecular formula is C38H42ClN3O4S. The summed E-state index contributed by atoms with van der Waals surface area (Å²) >= 11 is 6.36. The molecule has 7 nitrogen and oxygen atoms in total. The van der Waals surface area contributed by atoms with Crippen LogP contribution in [-0.2, 0) is 32.6 Å². The predicted molar refractivity (Wildman–Crippen MR) is 188 cm³/mol. The first-order chi connectivity index (χ1) is 22.5. The van der Waals surface area contributed by atoms with Gasteiger partial charge in [-0.3, -0.25) is 13.9 Å². The number of sulfonamides is 1. The van der Waals surface area contributed by atoms with Crippen molar-refractivity contribution in [2.75, 3.05) is 10.8 Å². The molecule has 0 aromatic heterocycles. The highest BCUT2D eigenvalue weighted by Crippen LogP contribution is 2.28. The third kappa shape index (κ3) is 8.82. The van der Waals surface area contributed by atoms with Crippen molar-refractivity contribution >= 4 is 39.1 Å². The van der Waals surface area contributed by atoms with Crippen LogP contribution in [0.1, 0.15) is 53.5 Å². The van der Waals surface area contributed by atoms with Crippen molar-refractivity contribution in [3.8, 4) is 0 Å². The molecular weight excluding hydrogens is 630 g/mol. The van der Waals surface area contributed by atoms with Gasteiger partial charge in [-0.25, -0.2) is 8.42 Å². The van der Waals surface area contributed by atoms with E-state index in [2.05, 4.69) is 5.32 Å². The van der Waals surface area contributed by atoms with E-state index in [4.69, 9.17) is 11.6 Å². The van der Waals surface area contributed by atoms with Gasteiger partial charge in [-0.1, -0.05) is 90.7 Å². The number of nitrogens with one attached hydrogen (secondary N) is 1. The summed E-state index contributed by atoms with van der Waals surface area (Å²) < 4.78 is 29.8. The molecule has 0 radical (unpaired) electrons. The van der Waals surface area contributed by atoms with Gasteiger partial charge in [-0.05, 0) is 92.3 Å². The van der Waals surface area contributed by atoms with Gasteiger partial charge < -0.3 is 10.2 Å². The molecule has 9 heteroatoms. The third-order valence-electron chi connectivity index (χ3n) is 8.60. The zero-order chi connectivity index (χ0) is 33.6. The van der Waals surface area contributed by atoms with E-state index >= 15 is 0 Å². The lowest BCUT2D eigenvalue weighted by atomic mass is 10.0. The van der Waals surface area contributed by atoms with E-state index in [1.54, 1.807) is 54.6 Å². The maximum atomic E-state index is 14.7. The molecule has 2 amide bonds. The van der Waals surface area contributed by atoms with E-state index in [1.165, 1.54) is 9.21 Å². The Labute approximate surface area is 283 Å². The van der Waals surface area contributed by atoms with Crippen LogP contribution in [0.5, 0.6) is 0 Å². The monoisotopic (exact) mass is 671 g/mol. The minimum atomic E-state index is -4.17. The fourth-order valence-corrected chi connectivity index (χ4v) is 7.83. The number of carbonyl (C=O) groups is 2. The number of nitrogens with zero attached hydrogens (tertiary/aromatic N) is 2. The molecule has 5 rings (SSSR count). The lowest BCUT2D eigenvalue weighted by Crippen LogP contribution is -2.54. The molecule has 0 saturated heterocycles. The predicted octanol–water partition coefficient (Wildman–Crippen LogP) is 7.16. The van der Waals surface area contributed by atoms with Gasteiger partial charge in [-0.15, -0.1) is 0 Å².